The van der Waals surface area contributed by atoms with Gasteiger partial charge in [-0.3, -0.25) is 10.1 Å². The molecule has 1 aromatic rings. The van der Waals surface area contributed by atoms with Crippen LogP contribution in [0.3, 0.4) is 0 Å². The normalized spacial score (nSPS) is 8.50. The van der Waals surface area contributed by atoms with Gasteiger partial charge in [0.1, 0.15) is 0 Å². The molecule has 0 aliphatic rings. The zero-order chi connectivity index (χ0) is 8.97. The van der Waals surface area contributed by atoms with E-state index in [1.807, 2.05) is 0 Å². The van der Waals surface area contributed by atoms with E-state index in [9.17, 15) is 4.79 Å². The Morgan fingerprint density at radius 3 is 3.08 bits per heavy atom. The largest absolute Gasteiger partial charge is 0.338 e. The molecule has 0 fully saturated rings. The third-order valence-electron chi connectivity index (χ3n) is 1.03. The highest BCUT2D eigenvalue weighted by atomic mass is 79.9. The Labute approximate surface area is 77.4 Å². The highest BCUT2D eigenvalue weighted by Crippen LogP contribution is 2.07. The van der Waals surface area contributed by atoms with Gasteiger partial charge in [-0.05, 0) is 11.8 Å². The van der Waals surface area contributed by atoms with Crippen molar-refractivity contribution >= 4 is 27.7 Å². The molecule has 1 aromatic heterocycles. The number of carbonyl (C=O) groups excluding carboxylic acids is 1. The van der Waals surface area contributed by atoms with Gasteiger partial charge in [0, 0.05) is 27.9 Å². The van der Waals surface area contributed by atoms with Gasteiger partial charge < -0.3 is 4.52 Å². The van der Waals surface area contributed by atoms with Gasteiger partial charge in [-0.2, -0.15) is 0 Å². The number of anilines is 1. The molecule has 0 bridgehead atoms. The number of aryl methyl sites for hydroxylation is 1. The smallest absolute Gasteiger partial charge is 0.303 e. The maximum absolute atomic E-state index is 10.8. The van der Waals surface area contributed by atoms with Crippen LogP contribution in [0.25, 0.3) is 0 Å². The zero-order valence-corrected chi connectivity index (χ0v) is 7.81. The second-order valence-corrected chi connectivity index (χ2v) is 2.40. The van der Waals surface area contributed by atoms with Crippen molar-refractivity contribution in [2.24, 2.45) is 0 Å². The van der Waals surface area contributed by atoms with Gasteiger partial charge in [0.05, 0.1) is 5.69 Å². The monoisotopic (exact) mass is 228 g/mol. The number of hydrogen-bond acceptors (Lipinski definition) is 3. The Morgan fingerprint density at radius 2 is 2.58 bits per heavy atom. The summed E-state index contributed by atoms with van der Waals surface area (Å²) < 4.78 is 4.72. The molecule has 12 heavy (non-hydrogen) atoms. The SMILES string of the molecule is Cc1cc(NC(=O)C#CBr)on1. The first-order valence-corrected chi connectivity index (χ1v) is 3.87. The Hall–Kier alpha value is -1.28. The number of carbonyl (C=O) groups is 1. The van der Waals surface area contributed by atoms with Crippen LogP contribution in [0.15, 0.2) is 10.6 Å². The molecule has 0 unspecified atom stereocenters. The average molecular weight is 229 g/mol. The molecule has 0 spiro atoms. The lowest BCUT2D eigenvalue weighted by Crippen LogP contribution is -2.07. The van der Waals surface area contributed by atoms with Crippen molar-refractivity contribution in [3.05, 3.63) is 11.8 Å². The van der Waals surface area contributed by atoms with Gasteiger partial charge >= 0.3 is 5.91 Å². The van der Waals surface area contributed by atoms with Crippen molar-refractivity contribution in [3.8, 4) is 10.8 Å². The van der Waals surface area contributed by atoms with Gasteiger partial charge in [-0.15, -0.1) is 0 Å². The van der Waals surface area contributed by atoms with Gasteiger partial charge in [0.2, 0.25) is 5.88 Å². The highest BCUT2D eigenvalue weighted by Gasteiger charge is 2.02. The van der Waals surface area contributed by atoms with E-state index in [1.165, 1.54) is 0 Å². The Morgan fingerprint density at radius 1 is 1.83 bits per heavy atom. The van der Waals surface area contributed by atoms with Crippen LogP contribution in [0.4, 0.5) is 5.88 Å². The van der Waals surface area contributed by atoms with Crippen molar-refractivity contribution in [1.29, 1.82) is 0 Å². The Bertz CT molecular complexity index is 348. The van der Waals surface area contributed by atoms with Gasteiger partial charge in [0.25, 0.3) is 0 Å². The topological polar surface area (TPSA) is 55.1 Å². The minimum atomic E-state index is -0.442. The predicted octanol–water partition coefficient (Wildman–Crippen LogP) is 1.28. The molecule has 1 amide bonds. The molecular formula is C7H5BrN2O2. The summed E-state index contributed by atoms with van der Waals surface area (Å²) in [5.41, 5.74) is 0.706. The van der Waals surface area contributed by atoms with Crippen LogP contribution in [-0.4, -0.2) is 11.1 Å². The molecule has 62 valence electrons. The van der Waals surface area contributed by atoms with Gasteiger partial charge in [0.15, 0.2) is 0 Å². The first-order chi connectivity index (χ1) is 5.72. The van der Waals surface area contributed by atoms with Crippen LogP contribution in [-0.2, 0) is 4.79 Å². The van der Waals surface area contributed by atoms with Crippen LogP contribution in [0.2, 0.25) is 0 Å². The number of amides is 1. The molecule has 0 radical (unpaired) electrons. The lowest BCUT2D eigenvalue weighted by atomic mass is 10.5. The third-order valence-corrected chi connectivity index (χ3v) is 1.22. The van der Waals surface area contributed by atoms with E-state index in [1.54, 1.807) is 13.0 Å². The molecule has 0 aliphatic carbocycles. The minimum Gasteiger partial charge on any atom is -0.338 e. The van der Waals surface area contributed by atoms with Crippen LogP contribution in [0.5, 0.6) is 0 Å². The van der Waals surface area contributed by atoms with Crippen molar-refractivity contribution in [1.82, 2.24) is 5.16 Å². The molecule has 5 heteroatoms. The summed E-state index contributed by atoms with van der Waals surface area (Å²) in [6.45, 7) is 1.76. The summed E-state index contributed by atoms with van der Waals surface area (Å²) in [7, 11) is 0. The molecule has 0 saturated carbocycles. The van der Waals surface area contributed by atoms with Crippen molar-refractivity contribution in [2.45, 2.75) is 6.92 Å². The Kier molecular flexibility index (Phi) is 2.88. The number of aromatic nitrogens is 1. The quantitative estimate of drug-likeness (QED) is 0.738. The second-order valence-electron chi connectivity index (χ2n) is 2.01. The fraction of sp³-hybridized carbons (Fsp3) is 0.143. The molecule has 0 aliphatic heterocycles. The maximum atomic E-state index is 10.8. The summed E-state index contributed by atoms with van der Waals surface area (Å²) in [5.74, 6) is 2.09. The number of nitrogens with zero attached hydrogens (tertiary/aromatic N) is 1. The molecular weight excluding hydrogens is 224 g/mol. The second kappa shape index (κ2) is 3.93. The molecule has 1 heterocycles. The predicted molar refractivity (Wildman–Crippen MR) is 46.6 cm³/mol. The lowest BCUT2D eigenvalue weighted by molar-refractivity contribution is -0.111. The molecule has 1 N–H and O–H groups in total. The summed E-state index contributed by atoms with van der Waals surface area (Å²) in [4.78, 5) is 13.1. The first kappa shape index (κ1) is 8.81. The summed E-state index contributed by atoms with van der Waals surface area (Å²) >= 11 is 2.80. The minimum absolute atomic E-state index is 0.299. The number of halogens is 1. The van der Waals surface area contributed by atoms with Crippen molar-refractivity contribution in [2.75, 3.05) is 5.32 Å². The molecule has 1 rings (SSSR count). The van der Waals surface area contributed by atoms with Gasteiger partial charge in [-0.1, -0.05) is 5.16 Å². The van der Waals surface area contributed by atoms with E-state index >= 15 is 0 Å². The van der Waals surface area contributed by atoms with Crippen molar-refractivity contribution < 1.29 is 9.32 Å². The van der Waals surface area contributed by atoms with Crippen molar-refractivity contribution in [3.63, 3.8) is 0 Å². The fourth-order valence-electron chi connectivity index (χ4n) is 0.609. The van der Waals surface area contributed by atoms with Crippen LogP contribution in [0, 0.1) is 17.7 Å². The highest BCUT2D eigenvalue weighted by molar-refractivity contribution is 9.12. The van der Waals surface area contributed by atoms with E-state index in [-0.39, 0.29) is 0 Å². The molecule has 4 nitrogen and oxygen atoms in total. The van der Waals surface area contributed by atoms with E-state index in [4.69, 9.17) is 4.52 Å². The first-order valence-electron chi connectivity index (χ1n) is 3.08. The molecule has 0 atom stereocenters. The van der Waals surface area contributed by atoms with E-state index in [0.29, 0.717) is 11.6 Å². The van der Waals surface area contributed by atoms with Crippen LogP contribution >= 0.6 is 15.9 Å². The third kappa shape index (κ3) is 2.40. The number of nitrogens with one attached hydrogen (secondary N) is 1. The lowest BCUT2D eigenvalue weighted by Gasteiger charge is -1.89. The number of hydrogen-bond donors (Lipinski definition) is 1. The molecule has 0 saturated heterocycles. The standard InChI is InChI=1S/C7H5BrN2O2/c1-5-4-7(12-10-5)9-6(11)2-3-8/h4H,1H3,(H,9,11). The summed E-state index contributed by atoms with van der Waals surface area (Å²) in [6, 6.07) is 1.60. The Balaban J connectivity index is 2.62. The van der Waals surface area contributed by atoms with E-state index < -0.39 is 5.91 Å². The summed E-state index contributed by atoms with van der Waals surface area (Å²) in [5, 5.41) is 5.97. The van der Waals surface area contributed by atoms with Crippen LogP contribution < -0.4 is 5.32 Å². The zero-order valence-electron chi connectivity index (χ0n) is 6.22. The average Bonchev–Trinajstić information content (AvgIpc) is 2.36. The van der Waals surface area contributed by atoms with Crippen LogP contribution in [0.1, 0.15) is 5.69 Å². The fourth-order valence-corrected chi connectivity index (χ4v) is 0.789. The van der Waals surface area contributed by atoms with E-state index in [0.717, 1.165) is 0 Å². The summed E-state index contributed by atoms with van der Waals surface area (Å²) in [6.07, 6.45) is 0. The molecule has 0 aromatic carbocycles. The maximum Gasteiger partial charge on any atom is 0.303 e. The van der Waals surface area contributed by atoms with Gasteiger partial charge in [-0.25, -0.2) is 0 Å². The number of rotatable bonds is 1. The van der Waals surface area contributed by atoms with E-state index in [2.05, 4.69) is 37.2 Å².